The van der Waals surface area contributed by atoms with Crippen molar-refractivity contribution in [1.29, 1.82) is 0 Å². The maximum absolute atomic E-state index is 12.7. The molecule has 0 unspecified atom stereocenters. The number of hydrogen-bond donors (Lipinski definition) is 0. The third kappa shape index (κ3) is 3.45. The van der Waals surface area contributed by atoms with E-state index in [4.69, 9.17) is 0 Å². The number of aromatic nitrogens is 3. The average molecular weight is 338 g/mol. The predicted octanol–water partition coefficient (Wildman–Crippen LogP) is 3.77. The average Bonchev–Trinajstić information content (AvgIpc) is 3.15. The molecule has 0 amide bonds. The Kier molecular flexibility index (Phi) is 4.62. The summed E-state index contributed by atoms with van der Waals surface area (Å²) in [7, 11) is 1.94. The standard InChI is InChI=1S/C17H21F3N4/c1-12(13-5-7-14(8-6-13)17(18,19)20)10-24-9-3-4-15(24)16-22-21-11-23(16)2/h5-8,11-12,15H,3-4,9-10H2,1-2H3/t12-,15-/m0/s1. The molecule has 2 heterocycles. The van der Waals surface area contributed by atoms with Gasteiger partial charge in [-0.3, -0.25) is 4.90 Å². The molecule has 1 aromatic carbocycles. The molecule has 0 aliphatic carbocycles. The van der Waals surface area contributed by atoms with E-state index in [1.54, 1.807) is 18.5 Å². The normalized spacial score (nSPS) is 20.5. The van der Waals surface area contributed by atoms with Gasteiger partial charge in [0.2, 0.25) is 0 Å². The molecule has 0 N–H and O–H groups in total. The smallest absolute Gasteiger partial charge is 0.319 e. The molecule has 130 valence electrons. The predicted molar refractivity (Wildman–Crippen MR) is 84.4 cm³/mol. The maximum Gasteiger partial charge on any atom is 0.416 e. The van der Waals surface area contributed by atoms with E-state index in [9.17, 15) is 13.2 Å². The molecule has 1 saturated heterocycles. The highest BCUT2D eigenvalue weighted by Crippen LogP contribution is 2.34. The first-order chi connectivity index (χ1) is 11.4. The van der Waals surface area contributed by atoms with Crippen molar-refractivity contribution < 1.29 is 13.2 Å². The number of hydrogen-bond acceptors (Lipinski definition) is 3. The lowest BCUT2D eigenvalue weighted by Gasteiger charge is -2.27. The van der Waals surface area contributed by atoms with Crippen molar-refractivity contribution >= 4 is 0 Å². The Morgan fingerprint density at radius 2 is 1.96 bits per heavy atom. The zero-order valence-corrected chi connectivity index (χ0v) is 13.8. The largest absolute Gasteiger partial charge is 0.416 e. The second-order valence-electron chi connectivity index (χ2n) is 6.47. The zero-order chi connectivity index (χ0) is 17.3. The molecule has 1 fully saturated rings. The van der Waals surface area contributed by atoms with Gasteiger partial charge >= 0.3 is 6.18 Å². The minimum Gasteiger partial charge on any atom is -0.319 e. The van der Waals surface area contributed by atoms with E-state index in [1.165, 1.54) is 0 Å². The summed E-state index contributed by atoms with van der Waals surface area (Å²) in [5, 5.41) is 8.16. The van der Waals surface area contributed by atoms with Crippen LogP contribution in [-0.4, -0.2) is 32.8 Å². The summed E-state index contributed by atoms with van der Waals surface area (Å²) >= 11 is 0. The molecule has 0 saturated carbocycles. The molecule has 1 aliphatic rings. The van der Waals surface area contributed by atoms with Gasteiger partial charge in [-0.1, -0.05) is 19.1 Å². The van der Waals surface area contributed by atoms with Crippen molar-refractivity contribution in [3.05, 3.63) is 47.5 Å². The van der Waals surface area contributed by atoms with Crippen LogP contribution in [0, 0.1) is 0 Å². The van der Waals surface area contributed by atoms with Crippen LogP contribution in [0.15, 0.2) is 30.6 Å². The molecular formula is C17H21F3N4. The highest BCUT2D eigenvalue weighted by Gasteiger charge is 2.32. The lowest BCUT2D eigenvalue weighted by molar-refractivity contribution is -0.137. The van der Waals surface area contributed by atoms with E-state index in [0.717, 1.165) is 49.5 Å². The second kappa shape index (κ2) is 6.55. The van der Waals surface area contributed by atoms with Crippen LogP contribution in [0.2, 0.25) is 0 Å². The molecule has 2 atom stereocenters. The SMILES string of the molecule is C[C@@H](CN1CCC[C@H]1c1nncn1C)c1ccc(C(F)(F)F)cc1. The Labute approximate surface area is 139 Å². The van der Waals surface area contributed by atoms with Gasteiger partial charge in [-0.25, -0.2) is 0 Å². The van der Waals surface area contributed by atoms with Crippen molar-refractivity contribution in [2.45, 2.75) is 37.9 Å². The van der Waals surface area contributed by atoms with Gasteiger partial charge in [-0.2, -0.15) is 13.2 Å². The fourth-order valence-corrected chi connectivity index (χ4v) is 3.39. The molecule has 0 bridgehead atoms. The summed E-state index contributed by atoms with van der Waals surface area (Å²) in [5.74, 6) is 1.10. The van der Waals surface area contributed by atoms with Crippen LogP contribution >= 0.6 is 0 Å². The third-order valence-electron chi connectivity index (χ3n) is 4.72. The fraction of sp³-hybridized carbons (Fsp3) is 0.529. The van der Waals surface area contributed by atoms with Gasteiger partial charge < -0.3 is 4.57 Å². The highest BCUT2D eigenvalue weighted by atomic mass is 19.4. The van der Waals surface area contributed by atoms with E-state index in [1.807, 2.05) is 11.6 Å². The van der Waals surface area contributed by atoms with Crippen LogP contribution < -0.4 is 0 Å². The van der Waals surface area contributed by atoms with E-state index >= 15 is 0 Å². The van der Waals surface area contributed by atoms with Crippen molar-refractivity contribution in [2.75, 3.05) is 13.1 Å². The zero-order valence-electron chi connectivity index (χ0n) is 13.8. The number of benzene rings is 1. The van der Waals surface area contributed by atoms with Gasteiger partial charge in [0.1, 0.15) is 12.2 Å². The summed E-state index contributed by atoms with van der Waals surface area (Å²) in [6.07, 6.45) is -0.457. The first-order valence-corrected chi connectivity index (χ1v) is 8.11. The lowest BCUT2D eigenvalue weighted by Crippen LogP contribution is -2.29. The van der Waals surface area contributed by atoms with Gasteiger partial charge in [0.05, 0.1) is 11.6 Å². The van der Waals surface area contributed by atoms with Crippen LogP contribution in [0.4, 0.5) is 13.2 Å². The van der Waals surface area contributed by atoms with Gasteiger partial charge in [-0.05, 0) is 43.0 Å². The number of nitrogens with zero attached hydrogens (tertiary/aromatic N) is 4. The molecule has 7 heteroatoms. The Morgan fingerprint density at radius 1 is 1.25 bits per heavy atom. The molecule has 1 aliphatic heterocycles. The van der Waals surface area contributed by atoms with Crippen LogP contribution in [0.3, 0.4) is 0 Å². The lowest BCUT2D eigenvalue weighted by atomic mass is 9.98. The van der Waals surface area contributed by atoms with Crippen LogP contribution in [0.1, 0.15) is 48.7 Å². The van der Waals surface area contributed by atoms with Crippen molar-refractivity contribution in [2.24, 2.45) is 7.05 Å². The summed E-state index contributed by atoms with van der Waals surface area (Å²) in [4.78, 5) is 2.35. The summed E-state index contributed by atoms with van der Waals surface area (Å²) < 4.78 is 39.9. The molecule has 3 rings (SSSR count). The Hall–Kier alpha value is -1.89. The summed E-state index contributed by atoms with van der Waals surface area (Å²) in [6.45, 7) is 3.82. The first-order valence-electron chi connectivity index (χ1n) is 8.11. The minimum atomic E-state index is -4.28. The number of likely N-dealkylation sites (tertiary alicyclic amines) is 1. The maximum atomic E-state index is 12.7. The van der Waals surface area contributed by atoms with E-state index in [0.29, 0.717) is 0 Å². The minimum absolute atomic E-state index is 0.154. The van der Waals surface area contributed by atoms with E-state index in [-0.39, 0.29) is 12.0 Å². The quantitative estimate of drug-likeness (QED) is 0.851. The molecule has 4 nitrogen and oxygen atoms in total. The number of halogens is 3. The van der Waals surface area contributed by atoms with Crippen LogP contribution in [0.5, 0.6) is 0 Å². The molecule has 0 radical (unpaired) electrons. The molecule has 2 aromatic rings. The fourth-order valence-electron chi connectivity index (χ4n) is 3.39. The number of rotatable bonds is 4. The van der Waals surface area contributed by atoms with Gasteiger partial charge in [0.25, 0.3) is 0 Å². The van der Waals surface area contributed by atoms with Crippen molar-refractivity contribution in [3.8, 4) is 0 Å². The summed E-state index contributed by atoms with van der Waals surface area (Å²) in [5.41, 5.74) is 0.322. The molecule has 1 aromatic heterocycles. The molecular weight excluding hydrogens is 317 g/mol. The molecule has 24 heavy (non-hydrogen) atoms. The van der Waals surface area contributed by atoms with Gasteiger partial charge in [0.15, 0.2) is 0 Å². The third-order valence-corrected chi connectivity index (χ3v) is 4.72. The van der Waals surface area contributed by atoms with Crippen molar-refractivity contribution in [1.82, 2.24) is 19.7 Å². The number of alkyl halides is 3. The van der Waals surface area contributed by atoms with Crippen LogP contribution in [0.25, 0.3) is 0 Å². The van der Waals surface area contributed by atoms with Crippen LogP contribution in [-0.2, 0) is 13.2 Å². The Balaban J connectivity index is 1.70. The first kappa shape index (κ1) is 17.0. The monoisotopic (exact) mass is 338 g/mol. The highest BCUT2D eigenvalue weighted by molar-refractivity contribution is 5.27. The van der Waals surface area contributed by atoms with E-state index in [2.05, 4.69) is 22.0 Å². The summed E-state index contributed by atoms with van der Waals surface area (Å²) in [6, 6.07) is 5.72. The Morgan fingerprint density at radius 3 is 2.54 bits per heavy atom. The topological polar surface area (TPSA) is 34.0 Å². The Bertz CT molecular complexity index is 678. The van der Waals surface area contributed by atoms with Gasteiger partial charge in [-0.15, -0.1) is 10.2 Å². The van der Waals surface area contributed by atoms with E-state index < -0.39 is 11.7 Å². The van der Waals surface area contributed by atoms with Crippen molar-refractivity contribution in [3.63, 3.8) is 0 Å². The van der Waals surface area contributed by atoms with Gasteiger partial charge in [0, 0.05) is 13.6 Å². The second-order valence-corrected chi connectivity index (χ2v) is 6.47. The molecule has 0 spiro atoms. The number of aryl methyl sites for hydroxylation is 1.